The number of hydrogen-bond donors (Lipinski definition) is 1. The zero-order valence-electron chi connectivity index (χ0n) is 12.2. The van der Waals surface area contributed by atoms with Gasteiger partial charge in [0.1, 0.15) is 17.1 Å². The number of phenolic OH excluding ortho intramolecular Hbond substituents is 1. The van der Waals surface area contributed by atoms with E-state index in [4.69, 9.17) is 4.74 Å². The van der Waals surface area contributed by atoms with E-state index in [2.05, 4.69) is 10.3 Å². The number of aromatic nitrogens is 3. The maximum Gasteiger partial charge on any atom is 0.260 e. The summed E-state index contributed by atoms with van der Waals surface area (Å²) in [5, 5.41) is 17.8. The van der Waals surface area contributed by atoms with Gasteiger partial charge in [-0.2, -0.15) is 0 Å². The Labute approximate surface area is 131 Å². The minimum atomic E-state index is -0.724. The third kappa shape index (κ3) is 2.26. The number of carbonyl (C=O) groups excluding carboxylic acids is 1. The van der Waals surface area contributed by atoms with Gasteiger partial charge in [-0.15, -0.1) is 5.10 Å². The number of aromatic hydroxyl groups is 1. The maximum atomic E-state index is 13.9. The van der Waals surface area contributed by atoms with Crippen LogP contribution in [0.2, 0.25) is 0 Å². The first-order valence-electron chi connectivity index (χ1n) is 7.42. The quantitative estimate of drug-likeness (QED) is 0.852. The molecule has 1 saturated heterocycles. The highest BCUT2D eigenvalue weighted by Gasteiger charge is 2.38. The first-order chi connectivity index (χ1) is 11.1. The highest BCUT2D eigenvalue weighted by molar-refractivity contribution is 5.97. The molecule has 120 valence electrons. The summed E-state index contributed by atoms with van der Waals surface area (Å²) in [6.45, 7) is 1.24. The zero-order valence-corrected chi connectivity index (χ0v) is 12.2. The van der Waals surface area contributed by atoms with Crippen molar-refractivity contribution in [1.29, 1.82) is 0 Å². The third-order valence-electron chi connectivity index (χ3n) is 4.42. The second kappa shape index (κ2) is 5.31. The topological polar surface area (TPSA) is 80.5 Å². The van der Waals surface area contributed by atoms with Crippen molar-refractivity contribution >= 4 is 5.91 Å². The molecule has 0 unspecified atom stereocenters. The van der Waals surface area contributed by atoms with E-state index in [9.17, 15) is 14.3 Å². The molecule has 0 bridgehead atoms. The van der Waals surface area contributed by atoms with Crippen LogP contribution in [0.3, 0.4) is 0 Å². The van der Waals surface area contributed by atoms with E-state index >= 15 is 0 Å². The van der Waals surface area contributed by atoms with Gasteiger partial charge in [-0.25, -0.2) is 9.07 Å². The van der Waals surface area contributed by atoms with Crippen molar-refractivity contribution in [1.82, 2.24) is 19.9 Å². The number of halogens is 1. The number of benzene rings is 1. The molecule has 3 heterocycles. The number of fused-ring (bicyclic) bond motifs is 3. The van der Waals surface area contributed by atoms with Gasteiger partial charge in [0, 0.05) is 13.1 Å². The summed E-state index contributed by atoms with van der Waals surface area (Å²) in [4.78, 5) is 14.1. The molecular weight excluding hydrogens is 303 g/mol. The van der Waals surface area contributed by atoms with E-state index in [-0.39, 0.29) is 23.5 Å². The van der Waals surface area contributed by atoms with Crippen LogP contribution in [-0.2, 0) is 11.3 Å². The molecule has 2 aliphatic heterocycles. The number of nitrogens with zero attached hydrogens (tertiary/aromatic N) is 4. The van der Waals surface area contributed by atoms with Crippen molar-refractivity contribution in [3.05, 3.63) is 41.5 Å². The summed E-state index contributed by atoms with van der Waals surface area (Å²) < 4.78 is 21.5. The van der Waals surface area contributed by atoms with Gasteiger partial charge in [0.2, 0.25) is 0 Å². The molecule has 1 N–H and O–H groups in total. The summed E-state index contributed by atoms with van der Waals surface area (Å²) in [6.07, 6.45) is 2.23. The lowest BCUT2D eigenvalue weighted by Gasteiger charge is -2.41. The maximum absolute atomic E-state index is 13.9. The number of piperidine rings is 1. The Kier molecular flexibility index (Phi) is 3.26. The number of hydrogen-bond acceptors (Lipinski definition) is 5. The molecule has 7 nitrogen and oxygen atoms in total. The van der Waals surface area contributed by atoms with Gasteiger partial charge < -0.3 is 14.7 Å². The average Bonchev–Trinajstić information content (AvgIpc) is 3.03. The zero-order chi connectivity index (χ0) is 16.0. The lowest BCUT2D eigenvalue weighted by atomic mass is 9.99. The molecular formula is C15H15FN4O3. The Morgan fingerprint density at radius 2 is 2.30 bits per heavy atom. The Balaban J connectivity index is 1.62. The van der Waals surface area contributed by atoms with Crippen LogP contribution < -0.4 is 0 Å². The Morgan fingerprint density at radius 1 is 1.43 bits per heavy atom. The second-order valence-corrected chi connectivity index (χ2v) is 5.76. The lowest BCUT2D eigenvalue weighted by Crippen LogP contribution is -2.50. The molecule has 23 heavy (non-hydrogen) atoms. The predicted octanol–water partition coefficient (Wildman–Crippen LogP) is 1.11. The van der Waals surface area contributed by atoms with Crippen LogP contribution in [0.25, 0.3) is 0 Å². The molecule has 8 heteroatoms. The van der Waals surface area contributed by atoms with Crippen LogP contribution in [0.4, 0.5) is 4.39 Å². The molecule has 2 aliphatic rings. The average molecular weight is 318 g/mol. The molecule has 0 aliphatic carbocycles. The second-order valence-electron chi connectivity index (χ2n) is 5.76. The van der Waals surface area contributed by atoms with Gasteiger partial charge in [0.05, 0.1) is 30.6 Å². The van der Waals surface area contributed by atoms with Crippen LogP contribution in [-0.4, -0.2) is 50.1 Å². The molecule has 0 spiro atoms. The SMILES string of the molecule is O=C(c1c(O)cccc1F)N1CC[C@H]2OCc3cnnn3[C@@H]2C1. The van der Waals surface area contributed by atoms with Crippen molar-refractivity contribution in [2.75, 3.05) is 13.1 Å². The van der Waals surface area contributed by atoms with Gasteiger partial charge in [0.15, 0.2) is 0 Å². The van der Waals surface area contributed by atoms with E-state index in [0.29, 0.717) is 26.1 Å². The molecule has 1 aromatic heterocycles. The van der Waals surface area contributed by atoms with Gasteiger partial charge in [-0.1, -0.05) is 11.3 Å². The summed E-state index contributed by atoms with van der Waals surface area (Å²) in [6, 6.07) is 3.69. The fraction of sp³-hybridized carbons (Fsp3) is 0.400. The molecule has 2 aromatic rings. The van der Waals surface area contributed by atoms with E-state index in [0.717, 1.165) is 5.69 Å². The lowest BCUT2D eigenvalue weighted by molar-refractivity contribution is -0.0605. The molecule has 1 fully saturated rings. The van der Waals surface area contributed by atoms with Crippen molar-refractivity contribution < 1.29 is 19.0 Å². The minimum absolute atomic E-state index is 0.0394. The fourth-order valence-electron chi connectivity index (χ4n) is 3.25. The first-order valence-corrected chi connectivity index (χ1v) is 7.42. The molecule has 4 rings (SSSR count). The highest BCUT2D eigenvalue weighted by Crippen LogP contribution is 2.31. The largest absolute Gasteiger partial charge is 0.507 e. The summed E-state index contributed by atoms with van der Waals surface area (Å²) >= 11 is 0. The first kappa shape index (κ1) is 14.1. The van der Waals surface area contributed by atoms with Gasteiger partial charge >= 0.3 is 0 Å². The van der Waals surface area contributed by atoms with Crippen molar-refractivity contribution in [2.24, 2.45) is 0 Å². The highest BCUT2D eigenvalue weighted by atomic mass is 19.1. The van der Waals surface area contributed by atoms with Crippen molar-refractivity contribution in [2.45, 2.75) is 25.2 Å². The van der Waals surface area contributed by atoms with Crippen molar-refractivity contribution in [3.63, 3.8) is 0 Å². The van der Waals surface area contributed by atoms with Crippen LogP contribution in [0.15, 0.2) is 24.4 Å². The molecule has 1 aromatic carbocycles. The van der Waals surface area contributed by atoms with E-state index in [1.165, 1.54) is 23.1 Å². The minimum Gasteiger partial charge on any atom is -0.507 e. The number of amides is 1. The molecule has 2 atom stereocenters. The normalized spacial score (nSPS) is 23.3. The Bertz CT molecular complexity index is 743. The number of phenols is 1. The Hall–Kier alpha value is -2.48. The van der Waals surface area contributed by atoms with Crippen molar-refractivity contribution in [3.8, 4) is 5.75 Å². The van der Waals surface area contributed by atoms with E-state index < -0.39 is 11.7 Å². The molecule has 0 radical (unpaired) electrons. The molecule has 1 amide bonds. The van der Waals surface area contributed by atoms with E-state index in [1.807, 2.05) is 0 Å². The number of carbonyl (C=O) groups is 1. The third-order valence-corrected chi connectivity index (χ3v) is 4.42. The summed E-state index contributed by atoms with van der Waals surface area (Å²) in [5.41, 5.74) is 0.566. The number of likely N-dealkylation sites (tertiary alicyclic amines) is 1. The number of rotatable bonds is 1. The summed E-state index contributed by atoms with van der Waals surface area (Å²) in [7, 11) is 0. The van der Waals surface area contributed by atoms with E-state index in [1.54, 1.807) is 10.9 Å². The van der Waals surface area contributed by atoms with Crippen LogP contribution >= 0.6 is 0 Å². The van der Waals surface area contributed by atoms with Crippen LogP contribution in [0, 0.1) is 5.82 Å². The Morgan fingerprint density at radius 3 is 3.13 bits per heavy atom. The number of ether oxygens (including phenoxy) is 1. The fourth-order valence-corrected chi connectivity index (χ4v) is 3.25. The monoisotopic (exact) mass is 318 g/mol. The van der Waals surface area contributed by atoms with Crippen LogP contribution in [0.5, 0.6) is 5.75 Å². The van der Waals surface area contributed by atoms with Gasteiger partial charge in [-0.05, 0) is 18.6 Å². The molecule has 0 saturated carbocycles. The standard InChI is InChI=1S/C15H15FN4O3/c16-10-2-1-3-12(21)14(10)15(22)19-5-4-13-11(7-19)20-9(8-23-13)6-17-18-20/h1-3,6,11,13,21H,4-5,7-8H2/t11-,13-/m1/s1. The van der Waals surface area contributed by atoms with Gasteiger partial charge in [-0.3, -0.25) is 4.79 Å². The predicted molar refractivity (Wildman–Crippen MR) is 76.2 cm³/mol. The van der Waals surface area contributed by atoms with Crippen LogP contribution in [0.1, 0.15) is 28.5 Å². The summed E-state index contributed by atoms with van der Waals surface area (Å²) in [5.74, 6) is -1.59. The smallest absolute Gasteiger partial charge is 0.260 e. The van der Waals surface area contributed by atoms with Gasteiger partial charge in [0.25, 0.3) is 5.91 Å².